The van der Waals surface area contributed by atoms with Gasteiger partial charge >= 0.3 is 6.03 Å². The summed E-state index contributed by atoms with van der Waals surface area (Å²) in [5.41, 5.74) is 6.29. The molecule has 2 aliphatic heterocycles. The number of amides is 2. The third-order valence-corrected chi connectivity index (χ3v) is 8.63. The smallest absolute Gasteiger partial charge is 0.317 e. The Morgan fingerprint density at radius 2 is 2.00 bits per heavy atom. The monoisotopic (exact) mass is 491 g/mol. The number of carbonyl (C=O) groups is 1. The zero-order valence-corrected chi connectivity index (χ0v) is 22.0. The summed E-state index contributed by atoms with van der Waals surface area (Å²) in [6.07, 6.45) is 9.30. The SMILES string of the molecule is CCC(C)NC(=O)N1CC=C(C2=CCc3ncc(-c4ccc(CN5CCN(C)CC5)s4)cc32)CC1. The Hall–Kier alpha value is -2.48. The lowest BCUT2D eigenvalue weighted by Gasteiger charge is -2.31. The Morgan fingerprint density at radius 1 is 1.17 bits per heavy atom. The first kappa shape index (κ1) is 24.2. The topological polar surface area (TPSA) is 51.7 Å². The van der Waals surface area contributed by atoms with Crippen LogP contribution >= 0.6 is 11.3 Å². The van der Waals surface area contributed by atoms with Gasteiger partial charge in [-0.25, -0.2) is 4.79 Å². The molecule has 2 aromatic heterocycles. The summed E-state index contributed by atoms with van der Waals surface area (Å²) in [7, 11) is 2.20. The van der Waals surface area contributed by atoms with Crippen LogP contribution in [0, 0.1) is 0 Å². The van der Waals surface area contributed by atoms with E-state index in [9.17, 15) is 4.79 Å². The predicted octanol–water partition coefficient (Wildman–Crippen LogP) is 4.64. The van der Waals surface area contributed by atoms with Crippen LogP contribution in [0.3, 0.4) is 0 Å². The van der Waals surface area contributed by atoms with Crippen molar-refractivity contribution in [3.63, 3.8) is 0 Å². The van der Waals surface area contributed by atoms with Gasteiger partial charge in [-0.1, -0.05) is 19.1 Å². The molecule has 1 saturated heterocycles. The molecular formula is C28H37N5OS. The molecule has 186 valence electrons. The van der Waals surface area contributed by atoms with Crippen LogP contribution in [0.5, 0.6) is 0 Å². The first-order valence-electron chi connectivity index (χ1n) is 12.9. The number of nitrogens with zero attached hydrogens (tertiary/aromatic N) is 4. The van der Waals surface area contributed by atoms with Crippen LogP contribution in [-0.4, -0.2) is 78.1 Å². The highest BCUT2D eigenvalue weighted by Crippen LogP contribution is 2.38. The number of hydrogen-bond acceptors (Lipinski definition) is 5. The van der Waals surface area contributed by atoms with E-state index >= 15 is 0 Å². The first-order valence-corrected chi connectivity index (χ1v) is 13.8. The fraction of sp³-hybridized carbons (Fsp3) is 0.500. The predicted molar refractivity (Wildman–Crippen MR) is 145 cm³/mol. The van der Waals surface area contributed by atoms with E-state index in [2.05, 4.69) is 66.4 Å². The Labute approximate surface area is 213 Å². The van der Waals surface area contributed by atoms with Gasteiger partial charge in [0.05, 0.1) is 5.69 Å². The summed E-state index contributed by atoms with van der Waals surface area (Å²) in [6, 6.07) is 7.12. The molecule has 1 fully saturated rings. The maximum absolute atomic E-state index is 12.5. The summed E-state index contributed by atoms with van der Waals surface area (Å²) in [5, 5.41) is 3.08. The number of fused-ring (bicyclic) bond motifs is 1. The molecule has 4 heterocycles. The average Bonchev–Trinajstić information content (AvgIpc) is 3.52. The molecule has 5 rings (SSSR count). The number of nitrogens with one attached hydrogen (secondary N) is 1. The van der Waals surface area contributed by atoms with Crippen LogP contribution in [0.1, 0.15) is 42.8 Å². The molecule has 3 aliphatic rings. The number of piperazine rings is 1. The second-order valence-corrected chi connectivity index (χ2v) is 11.2. The quantitative estimate of drug-likeness (QED) is 0.640. The summed E-state index contributed by atoms with van der Waals surface area (Å²) in [4.78, 5) is 26.9. The maximum atomic E-state index is 12.5. The number of likely N-dealkylation sites (N-methyl/N-ethyl adjacent to an activating group) is 1. The summed E-state index contributed by atoms with van der Waals surface area (Å²) >= 11 is 1.89. The van der Waals surface area contributed by atoms with Crippen molar-refractivity contribution in [1.82, 2.24) is 25.0 Å². The van der Waals surface area contributed by atoms with Crippen molar-refractivity contribution < 1.29 is 4.79 Å². The normalized spacial score (nSPS) is 19.8. The van der Waals surface area contributed by atoms with Gasteiger partial charge in [0.25, 0.3) is 0 Å². The number of urea groups is 1. The minimum atomic E-state index is 0.0458. The second-order valence-electron chi connectivity index (χ2n) is 10.1. The lowest BCUT2D eigenvalue weighted by atomic mass is 9.95. The number of carbonyl (C=O) groups excluding carboxylic acids is 1. The van der Waals surface area contributed by atoms with Crippen LogP contribution in [0.4, 0.5) is 4.79 Å². The number of pyridine rings is 1. The molecular weight excluding hydrogens is 454 g/mol. The van der Waals surface area contributed by atoms with Gasteiger partial charge in [0.2, 0.25) is 0 Å². The summed E-state index contributed by atoms with van der Waals surface area (Å²) in [6.45, 7) is 11.2. The van der Waals surface area contributed by atoms with Gasteiger partial charge in [-0.15, -0.1) is 11.3 Å². The summed E-state index contributed by atoms with van der Waals surface area (Å²) in [5.74, 6) is 0. The molecule has 0 bridgehead atoms. The highest BCUT2D eigenvalue weighted by Gasteiger charge is 2.24. The lowest BCUT2D eigenvalue weighted by Crippen LogP contribution is -2.45. The molecule has 1 atom stereocenters. The van der Waals surface area contributed by atoms with Gasteiger partial charge in [-0.3, -0.25) is 9.88 Å². The van der Waals surface area contributed by atoms with E-state index in [1.165, 1.54) is 32.0 Å². The number of hydrogen-bond donors (Lipinski definition) is 1. The second kappa shape index (κ2) is 10.6. The molecule has 35 heavy (non-hydrogen) atoms. The number of aromatic nitrogens is 1. The van der Waals surface area contributed by atoms with E-state index in [-0.39, 0.29) is 12.1 Å². The Balaban J connectivity index is 1.26. The van der Waals surface area contributed by atoms with Gasteiger partial charge in [0, 0.05) is 85.4 Å². The summed E-state index contributed by atoms with van der Waals surface area (Å²) < 4.78 is 0. The van der Waals surface area contributed by atoms with Gasteiger partial charge < -0.3 is 15.1 Å². The van der Waals surface area contributed by atoms with E-state index in [1.54, 1.807) is 0 Å². The Kier molecular flexibility index (Phi) is 7.37. The Morgan fingerprint density at radius 3 is 2.74 bits per heavy atom. The standard InChI is InChI=1S/C28H37N5OS/c1-4-20(2)30-28(34)33-11-9-21(10-12-33)24-6-7-26-25(24)17-22(18-29-26)27-8-5-23(35-27)19-32-15-13-31(3)14-16-32/h5-6,8-9,17-18,20H,4,7,10-16,19H2,1-3H3,(H,30,34). The minimum Gasteiger partial charge on any atom is -0.336 e. The number of rotatable bonds is 6. The average molecular weight is 492 g/mol. The van der Waals surface area contributed by atoms with Crippen LogP contribution in [-0.2, 0) is 13.0 Å². The minimum absolute atomic E-state index is 0.0458. The third-order valence-electron chi connectivity index (χ3n) is 7.51. The first-order chi connectivity index (χ1) is 17.0. The van der Waals surface area contributed by atoms with Gasteiger partial charge in [0.1, 0.15) is 0 Å². The van der Waals surface area contributed by atoms with Crippen LogP contribution in [0.15, 0.2) is 42.1 Å². The van der Waals surface area contributed by atoms with E-state index in [1.807, 2.05) is 22.4 Å². The number of thiophene rings is 1. The van der Waals surface area contributed by atoms with E-state index in [0.29, 0.717) is 6.54 Å². The van der Waals surface area contributed by atoms with Crippen molar-refractivity contribution in [1.29, 1.82) is 0 Å². The maximum Gasteiger partial charge on any atom is 0.317 e. The van der Waals surface area contributed by atoms with Crippen LogP contribution in [0.25, 0.3) is 16.0 Å². The zero-order valence-electron chi connectivity index (χ0n) is 21.2. The molecule has 2 amide bonds. The van der Waals surface area contributed by atoms with Gasteiger partial charge in [-0.05, 0) is 56.2 Å². The number of allylic oxidation sites excluding steroid dienone is 2. The van der Waals surface area contributed by atoms with Gasteiger partial charge in [-0.2, -0.15) is 0 Å². The molecule has 0 saturated carbocycles. The molecule has 0 radical (unpaired) electrons. The van der Waals surface area contributed by atoms with E-state index in [4.69, 9.17) is 4.98 Å². The van der Waals surface area contributed by atoms with E-state index < -0.39 is 0 Å². The van der Waals surface area contributed by atoms with Crippen molar-refractivity contribution in [3.05, 3.63) is 58.3 Å². The highest BCUT2D eigenvalue weighted by molar-refractivity contribution is 7.15. The van der Waals surface area contributed by atoms with E-state index in [0.717, 1.165) is 64.2 Å². The molecule has 1 N–H and O–H groups in total. The Bertz CT molecular complexity index is 1130. The zero-order chi connectivity index (χ0) is 24.4. The molecule has 1 aliphatic carbocycles. The van der Waals surface area contributed by atoms with Crippen molar-refractivity contribution >= 4 is 22.9 Å². The molecule has 1 unspecified atom stereocenters. The molecule has 2 aromatic rings. The molecule has 0 spiro atoms. The van der Waals surface area contributed by atoms with Crippen molar-refractivity contribution in [2.24, 2.45) is 0 Å². The fourth-order valence-electron chi connectivity index (χ4n) is 4.98. The largest absolute Gasteiger partial charge is 0.336 e. The van der Waals surface area contributed by atoms with Crippen molar-refractivity contribution in [2.45, 2.75) is 45.7 Å². The van der Waals surface area contributed by atoms with Gasteiger partial charge in [0.15, 0.2) is 0 Å². The van der Waals surface area contributed by atoms with Crippen molar-refractivity contribution in [2.75, 3.05) is 46.3 Å². The van der Waals surface area contributed by atoms with Crippen molar-refractivity contribution in [3.8, 4) is 10.4 Å². The van der Waals surface area contributed by atoms with Crippen LogP contribution < -0.4 is 5.32 Å². The van der Waals surface area contributed by atoms with Crippen LogP contribution in [0.2, 0.25) is 0 Å². The lowest BCUT2D eigenvalue weighted by molar-refractivity contribution is 0.149. The highest BCUT2D eigenvalue weighted by atomic mass is 32.1. The molecule has 0 aromatic carbocycles. The molecule has 7 heteroatoms. The fourth-order valence-corrected chi connectivity index (χ4v) is 6.01. The third kappa shape index (κ3) is 5.52. The molecule has 6 nitrogen and oxygen atoms in total.